The van der Waals surface area contributed by atoms with Crippen molar-refractivity contribution in [2.75, 3.05) is 26.8 Å². The number of aliphatic hydroxyl groups is 1. The highest BCUT2D eigenvalue weighted by Gasteiger charge is 2.50. The van der Waals surface area contributed by atoms with Gasteiger partial charge in [-0.3, -0.25) is 4.79 Å². The molecule has 2 saturated heterocycles. The number of nitrogens with one attached hydrogen (secondary N) is 2. The second-order valence-electron chi connectivity index (χ2n) is 7.75. The van der Waals surface area contributed by atoms with Gasteiger partial charge in [-0.15, -0.1) is 0 Å². The Morgan fingerprint density at radius 1 is 1.30 bits per heavy atom. The fourth-order valence-electron chi connectivity index (χ4n) is 4.11. The number of carbonyl (C=O) groups excluding carboxylic acids is 1. The Labute approximate surface area is 158 Å². The molecule has 3 rings (SSSR count). The summed E-state index contributed by atoms with van der Waals surface area (Å²) in [7, 11) is 1.57. The zero-order valence-electron chi connectivity index (χ0n) is 15.7. The van der Waals surface area contributed by atoms with E-state index in [0.717, 1.165) is 0 Å². The number of fused-ring (bicyclic) bond motifs is 1. The lowest BCUT2D eigenvalue weighted by Crippen LogP contribution is -2.44. The Bertz CT molecular complexity index is 500. The van der Waals surface area contributed by atoms with Crippen molar-refractivity contribution >= 4 is 5.91 Å². The third-order valence-corrected chi connectivity index (χ3v) is 5.64. The van der Waals surface area contributed by atoms with E-state index in [0.29, 0.717) is 39.0 Å². The van der Waals surface area contributed by atoms with Gasteiger partial charge in [-0.25, -0.2) is 8.78 Å². The van der Waals surface area contributed by atoms with Crippen molar-refractivity contribution in [3.05, 3.63) is 0 Å². The predicted molar refractivity (Wildman–Crippen MR) is 92.7 cm³/mol. The number of hydrogen-bond donors (Lipinski definition) is 3. The van der Waals surface area contributed by atoms with Gasteiger partial charge in [0.25, 0.3) is 0 Å². The van der Waals surface area contributed by atoms with Gasteiger partial charge in [0.2, 0.25) is 11.8 Å². The van der Waals surface area contributed by atoms with E-state index in [-0.39, 0.29) is 43.4 Å². The van der Waals surface area contributed by atoms with E-state index >= 15 is 0 Å². The van der Waals surface area contributed by atoms with E-state index in [1.807, 2.05) is 0 Å². The van der Waals surface area contributed by atoms with E-state index in [1.54, 1.807) is 7.11 Å². The first kappa shape index (κ1) is 20.9. The van der Waals surface area contributed by atoms with Gasteiger partial charge in [0, 0.05) is 45.5 Å². The molecule has 2 heterocycles. The van der Waals surface area contributed by atoms with Crippen molar-refractivity contribution in [3.63, 3.8) is 0 Å². The molecule has 0 spiro atoms. The smallest absolute Gasteiger partial charge is 0.248 e. The van der Waals surface area contributed by atoms with E-state index in [9.17, 15) is 18.7 Å². The molecule has 5 atom stereocenters. The highest BCUT2D eigenvalue weighted by Crippen LogP contribution is 2.36. The molecule has 1 saturated carbocycles. The van der Waals surface area contributed by atoms with Crippen LogP contribution < -0.4 is 10.6 Å². The molecule has 3 N–H and O–H groups in total. The molecule has 3 aliphatic rings. The molecule has 0 unspecified atom stereocenters. The molecule has 0 aromatic rings. The second-order valence-corrected chi connectivity index (χ2v) is 7.75. The number of hydrogen-bond acceptors (Lipinski definition) is 6. The summed E-state index contributed by atoms with van der Waals surface area (Å²) in [4.78, 5) is 11.8. The van der Waals surface area contributed by atoms with Crippen molar-refractivity contribution in [1.82, 2.24) is 10.6 Å². The van der Waals surface area contributed by atoms with Crippen molar-refractivity contribution in [3.8, 4) is 0 Å². The molecule has 2 aliphatic heterocycles. The number of ether oxygens (including phenoxy) is 3. The number of amides is 1. The maximum Gasteiger partial charge on any atom is 0.248 e. The van der Waals surface area contributed by atoms with Gasteiger partial charge in [-0.05, 0) is 12.8 Å². The minimum absolute atomic E-state index is 0.0327. The molecule has 7 nitrogen and oxygen atoms in total. The maximum atomic E-state index is 13.2. The molecule has 0 bridgehead atoms. The summed E-state index contributed by atoms with van der Waals surface area (Å²) in [5.74, 6) is -2.66. The molecular weight excluding hydrogens is 362 g/mol. The summed E-state index contributed by atoms with van der Waals surface area (Å²) in [6, 6.07) is 0.0327. The second kappa shape index (κ2) is 9.09. The van der Waals surface area contributed by atoms with Gasteiger partial charge < -0.3 is 30.0 Å². The lowest BCUT2D eigenvalue weighted by Gasteiger charge is -2.30. The third kappa shape index (κ3) is 5.57. The minimum Gasteiger partial charge on any atom is -0.388 e. The maximum absolute atomic E-state index is 13.2. The summed E-state index contributed by atoms with van der Waals surface area (Å²) >= 11 is 0. The van der Waals surface area contributed by atoms with Gasteiger partial charge in [0.05, 0.1) is 31.3 Å². The zero-order chi connectivity index (χ0) is 19.4. The van der Waals surface area contributed by atoms with Crippen LogP contribution in [0.2, 0.25) is 0 Å². The molecule has 0 aromatic heterocycles. The predicted octanol–water partition coefficient (Wildman–Crippen LogP) is 0.592. The average molecular weight is 392 g/mol. The first-order valence-corrected chi connectivity index (χ1v) is 9.74. The van der Waals surface area contributed by atoms with Crippen LogP contribution >= 0.6 is 0 Å². The van der Waals surface area contributed by atoms with Crippen LogP contribution in [-0.2, 0) is 19.0 Å². The van der Waals surface area contributed by atoms with E-state index in [4.69, 9.17) is 14.2 Å². The summed E-state index contributed by atoms with van der Waals surface area (Å²) in [5, 5.41) is 16.5. The average Bonchev–Trinajstić information content (AvgIpc) is 3.13. The van der Waals surface area contributed by atoms with Gasteiger partial charge >= 0.3 is 0 Å². The van der Waals surface area contributed by atoms with Gasteiger partial charge in [-0.1, -0.05) is 0 Å². The Hall–Kier alpha value is -0.870. The molecular formula is C18H30F2N2O5. The van der Waals surface area contributed by atoms with E-state index in [1.165, 1.54) is 0 Å². The molecule has 156 valence electrons. The fraction of sp³-hybridized carbons (Fsp3) is 0.944. The van der Waals surface area contributed by atoms with Crippen LogP contribution in [0.4, 0.5) is 8.78 Å². The SMILES string of the molecule is COCCNC(=O)C[C@@H]1C[C@H]2O[C@H](CNC3CCC(F)(F)CC3)[C@@H](O)[C@H]2O1. The van der Waals surface area contributed by atoms with Crippen molar-refractivity contribution in [2.24, 2.45) is 0 Å². The molecule has 9 heteroatoms. The monoisotopic (exact) mass is 392 g/mol. The number of carbonyl (C=O) groups is 1. The first-order chi connectivity index (χ1) is 12.9. The lowest BCUT2D eigenvalue weighted by atomic mass is 9.92. The first-order valence-electron chi connectivity index (χ1n) is 9.74. The number of aliphatic hydroxyl groups excluding tert-OH is 1. The molecule has 1 aliphatic carbocycles. The van der Waals surface area contributed by atoms with Crippen LogP contribution in [0.25, 0.3) is 0 Å². The summed E-state index contributed by atoms with van der Waals surface area (Å²) in [6.45, 7) is 1.32. The van der Waals surface area contributed by atoms with Crippen LogP contribution in [0.15, 0.2) is 0 Å². The topological polar surface area (TPSA) is 89.1 Å². The molecule has 0 radical (unpaired) electrons. The van der Waals surface area contributed by atoms with Gasteiger partial charge in [0.1, 0.15) is 12.2 Å². The number of rotatable bonds is 8. The molecule has 27 heavy (non-hydrogen) atoms. The Morgan fingerprint density at radius 3 is 2.70 bits per heavy atom. The number of halogens is 2. The van der Waals surface area contributed by atoms with Crippen LogP contribution in [-0.4, -0.2) is 80.3 Å². The van der Waals surface area contributed by atoms with Crippen molar-refractivity contribution < 1.29 is 32.9 Å². The van der Waals surface area contributed by atoms with Crippen molar-refractivity contribution in [1.29, 1.82) is 0 Å². The zero-order valence-corrected chi connectivity index (χ0v) is 15.7. The van der Waals surface area contributed by atoms with E-state index in [2.05, 4.69) is 10.6 Å². The normalized spacial score (nSPS) is 35.9. The van der Waals surface area contributed by atoms with E-state index < -0.39 is 24.2 Å². The molecule has 0 aromatic carbocycles. The number of methoxy groups -OCH3 is 1. The standard InChI is InChI=1S/C18H30F2N2O5/c1-25-7-6-21-15(23)9-12-8-13-17(26-12)16(24)14(27-13)10-22-11-2-4-18(19,20)5-3-11/h11-14,16-17,22,24H,2-10H2,1H3,(H,21,23)/t12-,13+,14+,16+,17-/m0/s1. The Morgan fingerprint density at radius 2 is 2.04 bits per heavy atom. The molecule has 1 amide bonds. The summed E-state index contributed by atoms with van der Waals surface area (Å²) in [6.07, 6.45) is -0.693. The van der Waals surface area contributed by atoms with Gasteiger partial charge in [-0.2, -0.15) is 0 Å². The minimum atomic E-state index is -2.54. The summed E-state index contributed by atoms with van der Waals surface area (Å²) in [5.41, 5.74) is 0. The van der Waals surface area contributed by atoms with Crippen molar-refractivity contribution in [2.45, 2.75) is 81.0 Å². The highest BCUT2D eigenvalue weighted by atomic mass is 19.3. The van der Waals surface area contributed by atoms with Crippen LogP contribution in [0.3, 0.4) is 0 Å². The Kier molecular flexibility index (Phi) is 7.02. The van der Waals surface area contributed by atoms with Crippen LogP contribution in [0, 0.1) is 0 Å². The fourth-order valence-corrected chi connectivity index (χ4v) is 4.11. The molecule has 3 fully saturated rings. The largest absolute Gasteiger partial charge is 0.388 e. The van der Waals surface area contributed by atoms with Crippen LogP contribution in [0.1, 0.15) is 38.5 Å². The van der Waals surface area contributed by atoms with Gasteiger partial charge in [0.15, 0.2) is 0 Å². The third-order valence-electron chi connectivity index (χ3n) is 5.64. The summed E-state index contributed by atoms with van der Waals surface area (Å²) < 4.78 is 43.0. The number of alkyl halides is 2. The lowest BCUT2D eigenvalue weighted by molar-refractivity contribution is -0.124. The Balaban J connectivity index is 1.37. The highest BCUT2D eigenvalue weighted by molar-refractivity contribution is 5.76. The quantitative estimate of drug-likeness (QED) is 0.524. The van der Waals surface area contributed by atoms with Crippen LogP contribution in [0.5, 0.6) is 0 Å².